The van der Waals surface area contributed by atoms with Crippen molar-refractivity contribution < 1.29 is 5.11 Å². The van der Waals surface area contributed by atoms with Crippen LogP contribution in [0.1, 0.15) is 39.5 Å². The van der Waals surface area contributed by atoms with E-state index < -0.39 is 0 Å². The second-order valence-electron chi connectivity index (χ2n) is 7.96. The number of piperazine rings is 1. The lowest BCUT2D eigenvalue weighted by Gasteiger charge is -2.49. The molecule has 21 heavy (non-hydrogen) atoms. The summed E-state index contributed by atoms with van der Waals surface area (Å²) >= 11 is 0. The maximum Gasteiger partial charge on any atom is 0.0546 e. The molecule has 0 amide bonds. The van der Waals surface area contributed by atoms with Crippen LogP contribution in [0, 0.1) is 11.8 Å². The number of aliphatic hydroxyl groups is 1. The smallest absolute Gasteiger partial charge is 0.0546 e. The summed E-state index contributed by atoms with van der Waals surface area (Å²) in [5, 5.41) is 12.9. The molecule has 1 saturated carbocycles. The van der Waals surface area contributed by atoms with Crippen LogP contribution in [0.4, 0.5) is 0 Å². The topological polar surface area (TPSA) is 38.7 Å². The average molecular weight is 295 g/mol. The summed E-state index contributed by atoms with van der Waals surface area (Å²) in [5.74, 6) is 1.59. The molecule has 2 N–H and O–H groups in total. The van der Waals surface area contributed by atoms with E-state index in [-0.39, 0.29) is 6.10 Å². The zero-order chi connectivity index (χ0) is 14.9. The molecule has 1 aliphatic carbocycles. The van der Waals surface area contributed by atoms with Crippen LogP contribution in [0.15, 0.2) is 0 Å². The van der Waals surface area contributed by atoms with Crippen LogP contribution in [-0.4, -0.2) is 72.4 Å². The first-order chi connectivity index (χ1) is 10.1. The first-order valence-electron chi connectivity index (χ1n) is 8.92. The molecule has 0 aromatic rings. The zero-order valence-electron chi connectivity index (χ0n) is 13.9. The number of rotatable bonds is 4. The van der Waals surface area contributed by atoms with Crippen molar-refractivity contribution in [1.82, 2.24) is 15.1 Å². The summed E-state index contributed by atoms with van der Waals surface area (Å²) < 4.78 is 0. The third kappa shape index (κ3) is 3.61. The number of hydrogen-bond donors (Lipinski definition) is 2. The zero-order valence-corrected chi connectivity index (χ0v) is 13.9. The van der Waals surface area contributed by atoms with Gasteiger partial charge in [0.05, 0.1) is 6.10 Å². The summed E-state index contributed by atoms with van der Waals surface area (Å²) in [7, 11) is 0. The second-order valence-corrected chi connectivity index (χ2v) is 7.96. The van der Waals surface area contributed by atoms with Crippen molar-refractivity contribution in [1.29, 1.82) is 0 Å². The van der Waals surface area contributed by atoms with Crippen molar-refractivity contribution >= 4 is 0 Å². The fourth-order valence-corrected chi connectivity index (χ4v) is 4.54. The highest BCUT2D eigenvalue weighted by Crippen LogP contribution is 2.34. The molecule has 0 unspecified atom stereocenters. The molecule has 3 aliphatic rings. The van der Waals surface area contributed by atoms with E-state index >= 15 is 0 Å². The van der Waals surface area contributed by atoms with Gasteiger partial charge < -0.3 is 15.3 Å². The Morgan fingerprint density at radius 3 is 2.24 bits per heavy atom. The molecular weight excluding hydrogens is 262 g/mol. The van der Waals surface area contributed by atoms with Crippen molar-refractivity contribution in [3.8, 4) is 0 Å². The number of hydrogen-bond acceptors (Lipinski definition) is 4. The number of nitrogens with zero attached hydrogens (tertiary/aromatic N) is 2. The van der Waals surface area contributed by atoms with Gasteiger partial charge in [-0.25, -0.2) is 0 Å². The van der Waals surface area contributed by atoms with Crippen LogP contribution in [0.3, 0.4) is 0 Å². The van der Waals surface area contributed by atoms with Gasteiger partial charge in [-0.15, -0.1) is 0 Å². The first-order valence-corrected chi connectivity index (χ1v) is 8.92. The summed E-state index contributed by atoms with van der Waals surface area (Å²) in [4.78, 5) is 5.34. The van der Waals surface area contributed by atoms with Crippen LogP contribution in [-0.2, 0) is 0 Å². The third-order valence-electron chi connectivity index (χ3n) is 6.25. The fourth-order valence-electron chi connectivity index (χ4n) is 4.54. The van der Waals surface area contributed by atoms with Gasteiger partial charge in [0.2, 0.25) is 0 Å². The minimum atomic E-state index is -0.000756. The van der Waals surface area contributed by atoms with Crippen molar-refractivity contribution in [2.24, 2.45) is 11.8 Å². The van der Waals surface area contributed by atoms with Gasteiger partial charge in [-0.1, -0.05) is 0 Å². The van der Waals surface area contributed by atoms with Gasteiger partial charge in [-0.2, -0.15) is 0 Å². The van der Waals surface area contributed by atoms with Gasteiger partial charge in [-0.05, 0) is 64.5 Å². The summed E-state index contributed by atoms with van der Waals surface area (Å²) in [5.41, 5.74) is 0.348. The van der Waals surface area contributed by atoms with Gasteiger partial charge in [0, 0.05) is 38.3 Å². The van der Waals surface area contributed by atoms with Crippen molar-refractivity contribution in [2.45, 2.75) is 51.2 Å². The fraction of sp³-hybridized carbons (Fsp3) is 1.00. The largest absolute Gasteiger partial charge is 0.393 e. The minimum absolute atomic E-state index is 0.000756. The van der Waals surface area contributed by atoms with Gasteiger partial charge in [0.25, 0.3) is 0 Å². The number of likely N-dealkylation sites (tertiary alicyclic amines) is 1. The molecule has 2 saturated heterocycles. The molecule has 2 heterocycles. The van der Waals surface area contributed by atoms with Crippen LogP contribution in [0.2, 0.25) is 0 Å². The standard InChI is InChI=1S/C17H33N3O/c1-17(2,20-9-5-18-6-10-20)15-3-7-19(8-4-15)13-14-11-16(21)12-14/h14-16,18,21H,3-13H2,1-2H3. The molecule has 0 aromatic carbocycles. The molecular formula is C17H33N3O. The van der Waals surface area contributed by atoms with E-state index in [1.54, 1.807) is 0 Å². The third-order valence-corrected chi connectivity index (χ3v) is 6.25. The highest BCUT2D eigenvalue weighted by molar-refractivity contribution is 4.94. The van der Waals surface area contributed by atoms with Gasteiger partial charge in [-0.3, -0.25) is 4.90 Å². The normalized spacial score (nSPS) is 33.9. The van der Waals surface area contributed by atoms with Crippen LogP contribution in [0.5, 0.6) is 0 Å². The molecule has 4 nitrogen and oxygen atoms in total. The molecule has 122 valence electrons. The molecule has 2 aliphatic heterocycles. The Labute approximate surface area is 129 Å². The lowest BCUT2D eigenvalue weighted by atomic mass is 9.77. The Kier molecular flexibility index (Phi) is 4.89. The van der Waals surface area contributed by atoms with Gasteiger partial charge in [0.1, 0.15) is 0 Å². The van der Waals surface area contributed by atoms with Crippen molar-refractivity contribution in [3.05, 3.63) is 0 Å². The Morgan fingerprint density at radius 1 is 1.05 bits per heavy atom. The molecule has 0 radical (unpaired) electrons. The van der Waals surface area contributed by atoms with Crippen LogP contribution < -0.4 is 5.32 Å². The minimum Gasteiger partial charge on any atom is -0.393 e. The maximum atomic E-state index is 9.41. The molecule has 3 fully saturated rings. The summed E-state index contributed by atoms with van der Waals surface area (Å²) in [6.45, 7) is 13.3. The highest BCUT2D eigenvalue weighted by atomic mass is 16.3. The molecule has 0 atom stereocenters. The Bertz CT molecular complexity index is 327. The lowest BCUT2D eigenvalue weighted by molar-refractivity contribution is -0.00369. The highest BCUT2D eigenvalue weighted by Gasteiger charge is 2.38. The van der Waals surface area contributed by atoms with Gasteiger partial charge in [0.15, 0.2) is 0 Å². The number of nitrogens with one attached hydrogen (secondary N) is 1. The quantitative estimate of drug-likeness (QED) is 0.816. The molecule has 4 heteroatoms. The Morgan fingerprint density at radius 2 is 1.67 bits per heavy atom. The predicted molar refractivity (Wildman–Crippen MR) is 86.4 cm³/mol. The molecule has 0 aromatic heterocycles. The number of piperidine rings is 1. The SMILES string of the molecule is CC(C)(C1CCN(CC2CC(O)C2)CC1)N1CCNCC1. The van der Waals surface area contributed by atoms with E-state index in [4.69, 9.17) is 0 Å². The lowest BCUT2D eigenvalue weighted by Crippen LogP contribution is -2.58. The summed E-state index contributed by atoms with van der Waals surface area (Å²) in [6, 6.07) is 0. The molecule has 3 rings (SSSR count). The first kappa shape index (κ1) is 15.7. The average Bonchev–Trinajstić information content (AvgIpc) is 2.47. The monoisotopic (exact) mass is 295 g/mol. The van der Waals surface area contributed by atoms with Crippen LogP contribution >= 0.6 is 0 Å². The van der Waals surface area contributed by atoms with E-state index in [2.05, 4.69) is 29.0 Å². The van der Waals surface area contributed by atoms with Gasteiger partial charge >= 0.3 is 0 Å². The predicted octanol–water partition coefficient (Wildman–Crippen LogP) is 1.15. The van der Waals surface area contributed by atoms with E-state index in [0.29, 0.717) is 5.54 Å². The Hall–Kier alpha value is -0.160. The Balaban J connectivity index is 1.45. The van der Waals surface area contributed by atoms with Crippen molar-refractivity contribution in [2.75, 3.05) is 45.8 Å². The van der Waals surface area contributed by atoms with Crippen LogP contribution in [0.25, 0.3) is 0 Å². The summed E-state index contributed by atoms with van der Waals surface area (Å²) in [6.07, 6.45) is 4.75. The van der Waals surface area contributed by atoms with E-state index in [0.717, 1.165) is 37.8 Å². The molecule has 0 spiro atoms. The van der Waals surface area contributed by atoms with E-state index in [1.807, 2.05) is 0 Å². The maximum absolute atomic E-state index is 9.41. The molecule has 0 bridgehead atoms. The number of aliphatic hydroxyl groups excluding tert-OH is 1. The van der Waals surface area contributed by atoms with E-state index in [9.17, 15) is 5.11 Å². The van der Waals surface area contributed by atoms with Crippen molar-refractivity contribution in [3.63, 3.8) is 0 Å². The second kappa shape index (κ2) is 6.53. The van der Waals surface area contributed by atoms with E-state index in [1.165, 1.54) is 45.6 Å².